The molecule has 0 saturated carbocycles. The van der Waals surface area contributed by atoms with Crippen molar-refractivity contribution in [3.8, 4) is 0 Å². The van der Waals surface area contributed by atoms with Crippen molar-refractivity contribution in [2.24, 2.45) is 12.1 Å². The number of aromatic nitrogens is 3. The molecule has 0 atom stereocenters. The summed E-state index contributed by atoms with van der Waals surface area (Å²) >= 11 is 1.60. The van der Waals surface area contributed by atoms with Gasteiger partial charge in [0, 0.05) is 18.4 Å². The number of nitrogens with zero attached hydrogens (tertiary/aromatic N) is 4. The molecule has 0 aliphatic carbocycles. The van der Waals surface area contributed by atoms with Crippen LogP contribution >= 0.6 is 11.8 Å². The van der Waals surface area contributed by atoms with Crippen molar-refractivity contribution in [1.29, 1.82) is 0 Å². The molecule has 3 aromatic rings. The van der Waals surface area contributed by atoms with Crippen molar-refractivity contribution in [2.45, 2.75) is 17.8 Å². The maximum atomic E-state index is 12.1. The second-order valence-electron chi connectivity index (χ2n) is 5.82. The third kappa shape index (κ3) is 4.80. The molecule has 6 nitrogen and oxygen atoms in total. The van der Waals surface area contributed by atoms with Gasteiger partial charge < -0.3 is 4.57 Å². The van der Waals surface area contributed by atoms with Gasteiger partial charge in [-0.3, -0.25) is 4.79 Å². The number of rotatable bonds is 6. The van der Waals surface area contributed by atoms with Crippen molar-refractivity contribution in [1.82, 2.24) is 20.2 Å². The topological polar surface area (TPSA) is 72.2 Å². The van der Waals surface area contributed by atoms with E-state index in [9.17, 15) is 4.79 Å². The van der Waals surface area contributed by atoms with E-state index in [1.165, 1.54) is 5.56 Å². The molecule has 26 heavy (non-hydrogen) atoms. The number of amides is 1. The molecule has 0 radical (unpaired) electrons. The smallest absolute Gasteiger partial charge is 0.271 e. The zero-order valence-corrected chi connectivity index (χ0v) is 15.4. The Morgan fingerprint density at radius 3 is 2.58 bits per heavy atom. The van der Waals surface area contributed by atoms with E-state index < -0.39 is 0 Å². The highest BCUT2D eigenvalue weighted by Crippen LogP contribution is 2.20. The zero-order chi connectivity index (χ0) is 18.4. The fourth-order valence-electron chi connectivity index (χ4n) is 2.19. The van der Waals surface area contributed by atoms with Gasteiger partial charge in [0.1, 0.15) is 6.33 Å². The van der Waals surface area contributed by atoms with Crippen LogP contribution in [-0.4, -0.2) is 26.9 Å². The van der Waals surface area contributed by atoms with E-state index in [2.05, 4.69) is 20.7 Å². The lowest BCUT2D eigenvalue weighted by molar-refractivity contribution is 0.0955. The van der Waals surface area contributed by atoms with Crippen LogP contribution in [0, 0.1) is 6.92 Å². The molecule has 1 aromatic heterocycles. The number of benzene rings is 2. The lowest BCUT2D eigenvalue weighted by Crippen LogP contribution is -2.17. The van der Waals surface area contributed by atoms with Crippen LogP contribution in [0.25, 0.3) is 0 Å². The van der Waals surface area contributed by atoms with E-state index in [1.54, 1.807) is 36.4 Å². The predicted molar refractivity (Wildman–Crippen MR) is 103 cm³/mol. The predicted octanol–water partition coefficient (Wildman–Crippen LogP) is 3.18. The quantitative estimate of drug-likeness (QED) is 0.414. The second kappa shape index (κ2) is 8.44. The average molecular weight is 365 g/mol. The van der Waals surface area contributed by atoms with E-state index in [0.29, 0.717) is 5.56 Å². The summed E-state index contributed by atoms with van der Waals surface area (Å²) in [6.07, 6.45) is 3.30. The molecule has 0 bridgehead atoms. The van der Waals surface area contributed by atoms with Gasteiger partial charge in [-0.15, -0.1) is 10.2 Å². The fourth-order valence-corrected chi connectivity index (χ4v) is 3.03. The van der Waals surface area contributed by atoms with Crippen LogP contribution in [-0.2, 0) is 12.8 Å². The summed E-state index contributed by atoms with van der Waals surface area (Å²) in [6.45, 7) is 2.03. The van der Waals surface area contributed by atoms with Crippen LogP contribution in [0.4, 0.5) is 0 Å². The highest BCUT2D eigenvalue weighted by Gasteiger charge is 2.06. The molecule has 1 amide bonds. The Balaban J connectivity index is 1.53. The number of nitrogens with one attached hydrogen (secondary N) is 1. The van der Waals surface area contributed by atoms with Crippen LogP contribution < -0.4 is 5.43 Å². The maximum Gasteiger partial charge on any atom is 0.271 e. The number of hydrazone groups is 1. The number of thioether (sulfide) groups is 1. The van der Waals surface area contributed by atoms with E-state index in [-0.39, 0.29) is 5.91 Å². The summed E-state index contributed by atoms with van der Waals surface area (Å²) in [7, 11) is 1.91. The summed E-state index contributed by atoms with van der Waals surface area (Å²) in [5.41, 5.74) is 6.35. The van der Waals surface area contributed by atoms with Gasteiger partial charge >= 0.3 is 0 Å². The van der Waals surface area contributed by atoms with Gasteiger partial charge in [-0.05, 0) is 30.2 Å². The van der Waals surface area contributed by atoms with Gasteiger partial charge in [-0.25, -0.2) is 5.43 Å². The maximum absolute atomic E-state index is 12.1. The van der Waals surface area contributed by atoms with E-state index in [4.69, 9.17) is 0 Å². The van der Waals surface area contributed by atoms with Crippen LogP contribution in [0.15, 0.2) is 65.1 Å². The minimum atomic E-state index is -0.235. The Labute approximate surface area is 156 Å². The van der Waals surface area contributed by atoms with Gasteiger partial charge in [-0.1, -0.05) is 53.7 Å². The van der Waals surface area contributed by atoms with E-state index in [1.807, 2.05) is 54.9 Å². The number of aryl methyl sites for hydroxylation is 2. The van der Waals surface area contributed by atoms with Crippen LogP contribution in [0.5, 0.6) is 0 Å². The normalized spacial score (nSPS) is 11.0. The molecule has 1 N–H and O–H groups in total. The van der Waals surface area contributed by atoms with Crippen molar-refractivity contribution in [3.63, 3.8) is 0 Å². The van der Waals surface area contributed by atoms with E-state index >= 15 is 0 Å². The third-order valence-corrected chi connectivity index (χ3v) is 4.82. The lowest BCUT2D eigenvalue weighted by Gasteiger charge is -2.03. The van der Waals surface area contributed by atoms with Gasteiger partial charge in [0.15, 0.2) is 5.16 Å². The van der Waals surface area contributed by atoms with Crippen LogP contribution in [0.2, 0.25) is 0 Å². The molecule has 0 aliphatic rings. The van der Waals surface area contributed by atoms with Crippen molar-refractivity contribution in [3.05, 3.63) is 77.1 Å². The largest absolute Gasteiger partial charge is 0.312 e. The third-order valence-electron chi connectivity index (χ3n) is 3.71. The van der Waals surface area contributed by atoms with Gasteiger partial charge in [0.05, 0.1) is 6.21 Å². The summed E-state index contributed by atoms with van der Waals surface area (Å²) in [5, 5.41) is 12.7. The highest BCUT2D eigenvalue weighted by atomic mass is 32.2. The molecule has 3 rings (SSSR count). The van der Waals surface area contributed by atoms with Crippen LogP contribution in [0.3, 0.4) is 0 Å². The van der Waals surface area contributed by atoms with Gasteiger partial charge in [0.2, 0.25) is 0 Å². The Morgan fingerprint density at radius 2 is 1.92 bits per heavy atom. The molecule has 2 aromatic carbocycles. The highest BCUT2D eigenvalue weighted by molar-refractivity contribution is 7.98. The molecular formula is C19H19N5OS. The lowest BCUT2D eigenvalue weighted by atomic mass is 10.1. The number of hydrogen-bond acceptors (Lipinski definition) is 5. The Bertz CT molecular complexity index is 900. The standard InChI is InChI=1S/C19H19N5OS/c1-14-3-5-15(6-4-14)11-20-22-18(25)17-9-7-16(8-10-17)12-26-19-23-21-13-24(19)2/h3-11,13H,12H2,1-2H3,(H,22,25)/b20-11+. The molecule has 0 saturated heterocycles. The first kappa shape index (κ1) is 17.9. The average Bonchev–Trinajstić information content (AvgIpc) is 3.07. The number of hydrogen-bond donors (Lipinski definition) is 1. The minimum absolute atomic E-state index is 0.235. The molecule has 0 fully saturated rings. The Morgan fingerprint density at radius 1 is 1.19 bits per heavy atom. The first-order chi connectivity index (χ1) is 12.6. The Kier molecular flexibility index (Phi) is 5.80. The first-order valence-corrected chi connectivity index (χ1v) is 9.06. The number of carbonyl (C=O) groups is 1. The first-order valence-electron chi connectivity index (χ1n) is 8.07. The van der Waals surface area contributed by atoms with Gasteiger partial charge in [-0.2, -0.15) is 5.10 Å². The van der Waals surface area contributed by atoms with Crippen molar-refractivity contribution in [2.75, 3.05) is 0 Å². The zero-order valence-electron chi connectivity index (χ0n) is 14.6. The second-order valence-corrected chi connectivity index (χ2v) is 6.76. The van der Waals surface area contributed by atoms with E-state index in [0.717, 1.165) is 22.0 Å². The molecule has 1 heterocycles. The summed E-state index contributed by atoms with van der Waals surface area (Å²) in [6, 6.07) is 15.4. The molecule has 0 spiro atoms. The molecule has 7 heteroatoms. The molecule has 0 aliphatic heterocycles. The van der Waals surface area contributed by atoms with Crippen molar-refractivity contribution >= 4 is 23.9 Å². The SMILES string of the molecule is Cc1ccc(/C=N/NC(=O)c2ccc(CSc3nncn3C)cc2)cc1. The van der Waals surface area contributed by atoms with Gasteiger partial charge in [0.25, 0.3) is 5.91 Å². The summed E-state index contributed by atoms with van der Waals surface area (Å²) in [5.74, 6) is 0.529. The monoisotopic (exact) mass is 365 g/mol. The Hall–Kier alpha value is -2.93. The summed E-state index contributed by atoms with van der Waals surface area (Å²) < 4.78 is 1.87. The molecule has 0 unspecified atom stereocenters. The summed E-state index contributed by atoms with van der Waals surface area (Å²) in [4.78, 5) is 12.1. The molecular weight excluding hydrogens is 346 g/mol. The number of carbonyl (C=O) groups excluding carboxylic acids is 1. The van der Waals surface area contributed by atoms with Crippen molar-refractivity contribution < 1.29 is 4.79 Å². The van der Waals surface area contributed by atoms with Crippen LogP contribution in [0.1, 0.15) is 27.0 Å². The minimum Gasteiger partial charge on any atom is -0.312 e. The fraction of sp³-hybridized carbons (Fsp3) is 0.158. The molecule has 132 valence electrons.